The number of para-hydroxylation sites is 1. The fourth-order valence-electron chi connectivity index (χ4n) is 1.83. The van der Waals surface area contributed by atoms with Crippen LogP contribution >= 0.6 is 0 Å². The lowest BCUT2D eigenvalue weighted by molar-refractivity contribution is 0.194. The van der Waals surface area contributed by atoms with Crippen LogP contribution in [0.4, 0.5) is 4.39 Å². The fraction of sp³-hybridized carbons (Fsp3) is 0.200. The van der Waals surface area contributed by atoms with Crippen LogP contribution in [0.3, 0.4) is 0 Å². The Balaban J connectivity index is 2.35. The summed E-state index contributed by atoms with van der Waals surface area (Å²) in [7, 11) is -3.29. The first-order chi connectivity index (χ1) is 9.79. The third-order valence-corrected chi connectivity index (χ3v) is 4.05. The van der Waals surface area contributed by atoms with Crippen molar-refractivity contribution in [3.8, 4) is 11.5 Å². The number of sulfone groups is 1. The summed E-state index contributed by atoms with van der Waals surface area (Å²) in [5, 5.41) is 9.63. The van der Waals surface area contributed by atoms with Gasteiger partial charge in [0.15, 0.2) is 21.4 Å². The molecule has 0 aliphatic carbocycles. The maximum absolute atomic E-state index is 13.8. The molecular weight excluding hydrogens is 295 g/mol. The Morgan fingerprint density at radius 1 is 1.14 bits per heavy atom. The topological polar surface area (TPSA) is 63.6 Å². The average molecular weight is 310 g/mol. The van der Waals surface area contributed by atoms with Crippen molar-refractivity contribution in [2.24, 2.45) is 0 Å². The van der Waals surface area contributed by atoms with Crippen molar-refractivity contribution in [3.63, 3.8) is 0 Å². The summed E-state index contributed by atoms with van der Waals surface area (Å²) in [6, 6.07) is 9.92. The standard InChI is InChI=1S/C15H15FO4S/c1-10(17)13-4-3-5-14(16)15(13)20-11-6-8-12(9-7-11)21(2,18)19/h3-10,17H,1-2H3/t10-/m0/s1. The molecule has 1 atom stereocenters. The number of hydrogen-bond acceptors (Lipinski definition) is 4. The monoisotopic (exact) mass is 310 g/mol. The van der Waals surface area contributed by atoms with Crippen LogP contribution < -0.4 is 4.74 Å². The molecule has 0 bridgehead atoms. The Morgan fingerprint density at radius 3 is 2.29 bits per heavy atom. The Morgan fingerprint density at radius 2 is 1.76 bits per heavy atom. The first kappa shape index (κ1) is 15.5. The summed E-state index contributed by atoms with van der Waals surface area (Å²) >= 11 is 0. The molecule has 21 heavy (non-hydrogen) atoms. The molecule has 112 valence electrons. The van der Waals surface area contributed by atoms with E-state index in [1.807, 2.05) is 0 Å². The van der Waals surface area contributed by atoms with E-state index in [-0.39, 0.29) is 16.4 Å². The van der Waals surface area contributed by atoms with Crippen LogP contribution in [0.15, 0.2) is 47.4 Å². The largest absolute Gasteiger partial charge is 0.454 e. The van der Waals surface area contributed by atoms with Gasteiger partial charge in [0.2, 0.25) is 0 Å². The van der Waals surface area contributed by atoms with Crippen LogP contribution in [-0.2, 0) is 9.84 Å². The quantitative estimate of drug-likeness (QED) is 0.942. The Hall–Kier alpha value is -1.92. The molecule has 2 aromatic rings. The first-order valence-electron chi connectivity index (χ1n) is 6.23. The van der Waals surface area contributed by atoms with E-state index in [1.54, 1.807) is 6.07 Å². The Labute approximate surface area is 122 Å². The van der Waals surface area contributed by atoms with E-state index in [0.717, 1.165) is 6.26 Å². The van der Waals surface area contributed by atoms with Crippen LogP contribution in [0, 0.1) is 5.82 Å². The molecule has 2 aromatic carbocycles. The van der Waals surface area contributed by atoms with E-state index < -0.39 is 21.8 Å². The van der Waals surface area contributed by atoms with Gasteiger partial charge in [-0.15, -0.1) is 0 Å². The molecule has 2 rings (SSSR count). The lowest BCUT2D eigenvalue weighted by Gasteiger charge is -2.14. The molecule has 0 heterocycles. The number of aliphatic hydroxyl groups is 1. The second-order valence-corrected chi connectivity index (χ2v) is 6.70. The average Bonchev–Trinajstić information content (AvgIpc) is 2.40. The third kappa shape index (κ3) is 3.59. The molecule has 0 saturated heterocycles. The molecule has 0 fully saturated rings. The molecular formula is C15H15FO4S. The zero-order chi connectivity index (χ0) is 15.6. The van der Waals surface area contributed by atoms with Gasteiger partial charge in [0.1, 0.15) is 5.75 Å². The van der Waals surface area contributed by atoms with Gasteiger partial charge < -0.3 is 9.84 Å². The summed E-state index contributed by atoms with van der Waals surface area (Å²) in [5.74, 6) is -0.380. The zero-order valence-electron chi connectivity index (χ0n) is 11.6. The maximum Gasteiger partial charge on any atom is 0.175 e. The van der Waals surface area contributed by atoms with Crippen LogP contribution in [0.5, 0.6) is 11.5 Å². The number of aliphatic hydroxyl groups excluding tert-OH is 1. The van der Waals surface area contributed by atoms with Gasteiger partial charge in [-0.05, 0) is 37.3 Å². The van der Waals surface area contributed by atoms with Crippen molar-refractivity contribution in [1.29, 1.82) is 0 Å². The van der Waals surface area contributed by atoms with E-state index in [1.165, 1.54) is 43.3 Å². The molecule has 0 aromatic heterocycles. The minimum absolute atomic E-state index is 0.0698. The zero-order valence-corrected chi connectivity index (χ0v) is 12.4. The second kappa shape index (κ2) is 5.83. The van der Waals surface area contributed by atoms with Crippen molar-refractivity contribution in [2.45, 2.75) is 17.9 Å². The van der Waals surface area contributed by atoms with Gasteiger partial charge in [-0.3, -0.25) is 0 Å². The summed E-state index contributed by atoms with van der Waals surface area (Å²) in [6.07, 6.45) is 0.219. The molecule has 1 N–H and O–H groups in total. The molecule has 0 spiro atoms. The van der Waals surface area contributed by atoms with Gasteiger partial charge in [0.25, 0.3) is 0 Å². The number of ether oxygens (including phenoxy) is 1. The Bertz CT molecular complexity index is 737. The molecule has 0 radical (unpaired) electrons. The molecule has 0 saturated carbocycles. The van der Waals surface area contributed by atoms with E-state index in [0.29, 0.717) is 5.56 Å². The molecule has 0 aliphatic rings. The predicted octanol–water partition coefficient (Wildman–Crippen LogP) is 3.07. The molecule has 0 amide bonds. The van der Waals surface area contributed by atoms with Gasteiger partial charge in [-0.2, -0.15) is 0 Å². The van der Waals surface area contributed by atoms with Gasteiger partial charge in [-0.1, -0.05) is 12.1 Å². The Kier molecular flexibility index (Phi) is 4.29. The highest BCUT2D eigenvalue weighted by Crippen LogP contribution is 2.32. The van der Waals surface area contributed by atoms with Crippen molar-refractivity contribution in [2.75, 3.05) is 6.26 Å². The SMILES string of the molecule is C[C@H](O)c1cccc(F)c1Oc1ccc(S(C)(=O)=O)cc1. The highest BCUT2D eigenvalue weighted by atomic mass is 32.2. The van der Waals surface area contributed by atoms with Crippen LogP contribution in [-0.4, -0.2) is 19.8 Å². The van der Waals surface area contributed by atoms with E-state index in [9.17, 15) is 17.9 Å². The highest BCUT2D eigenvalue weighted by molar-refractivity contribution is 7.90. The van der Waals surface area contributed by atoms with E-state index in [4.69, 9.17) is 4.74 Å². The minimum atomic E-state index is -3.29. The van der Waals surface area contributed by atoms with Crippen LogP contribution in [0.1, 0.15) is 18.6 Å². The summed E-state index contributed by atoms with van der Waals surface area (Å²) < 4.78 is 42.0. The smallest absolute Gasteiger partial charge is 0.175 e. The summed E-state index contributed by atoms with van der Waals surface area (Å²) in [6.45, 7) is 1.51. The van der Waals surface area contributed by atoms with E-state index in [2.05, 4.69) is 0 Å². The lowest BCUT2D eigenvalue weighted by atomic mass is 10.1. The predicted molar refractivity (Wildman–Crippen MR) is 76.7 cm³/mol. The highest BCUT2D eigenvalue weighted by Gasteiger charge is 2.15. The number of hydrogen-bond donors (Lipinski definition) is 1. The summed E-state index contributed by atoms with van der Waals surface area (Å²) in [5.41, 5.74) is 0.321. The molecule has 4 nitrogen and oxygen atoms in total. The third-order valence-electron chi connectivity index (χ3n) is 2.92. The molecule has 0 unspecified atom stereocenters. The van der Waals surface area contributed by atoms with Crippen LogP contribution in [0.25, 0.3) is 0 Å². The second-order valence-electron chi connectivity index (χ2n) is 4.68. The minimum Gasteiger partial charge on any atom is -0.454 e. The number of halogens is 1. The normalized spacial score (nSPS) is 13.0. The number of rotatable bonds is 4. The lowest BCUT2D eigenvalue weighted by Crippen LogP contribution is -1.99. The fourth-order valence-corrected chi connectivity index (χ4v) is 2.47. The molecule has 0 aliphatic heterocycles. The van der Waals surface area contributed by atoms with Gasteiger partial charge in [-0.25, -0.2) is 12.8 Å². The van der Waals surface area contributed by atoms with Crippen LogP contribution in [0.2, 0.25) is 0 Å². The van der Waals surface area contributed by atoms with Gasteiger partial charge >= 0.3 is 0 Å². The number of benzene rings is 2. The first-order valence-corrected chi connectivity index (χ1v) is 8.12. The van der Waals surface area contributed by atoms with Gasteiger partial charge in [0.05, 0.1) is 11.0 Å². The van der Waals surface area contributed by atoms with Crippen molar-refractivity contribution < 1.29 is 22.7 Å². The summed E-state index contributed by atoms with van der Waals surface area (Å²) in [4.78, 5) is 0.152. The van der Waals surface area contributed by atoms with Gasteiger partial charge in [0, 0.05) is 11.8 Å². The van der Waals surface area contributed by atoms with E-state index >= 15 is 0 Å². The van der Waals surface area contributed by atoms with Crippen molar-refractivity contribution in [3.05, 3.63) is 53.8 Å². The van der Waals surface area contributed by atoms with Crippen molar-refractivity contribution >= 4 is 9.84 Å². The van der Waals surface area contributed by atoms with Crippen molar-refractivity contribution in [1.82, 2.24) is 0 Å². The maximum atomic E-state index is 13.8. The molecule has 6 heteroatoms.